The second-order valence-electron chi connectivity index (χ2n) is 11.3. The van der Waals surface area contributed by atoms with Crippen LogP contribution >= 0.6 is 11.8 Å². The van der Waals surface area contributed by atoms with Gasteiger partial charge in [0.2, 0.25) is 5.82 Å². The van der Waals surface area contributed by atoms with Gasteiger partial charge in [-0.15, -0.1) is 11.8 Å². The van der Waals surface area contributed by atoms with Crippen LogP contribution in [0.3, 0.4) is 0 Å². The van der Waals surface area contributed by atoms with E-state index in [2.05, 4.69) is 70.4 Å². The SMILES string of the molecule is CSc1ccccc1CNc1cc(-c2noc(-c3cccc(C(=O)NS(=O)(=O)c4ccccc4)c3)n2)ccc1N(C)CCC(C)C. The second kappa shape index (κ2) is 14.7. The van der Waals surface area contributed by atoms with E-state index in [1.807, 2.05) is 24.3 Å². The summed E-state index contributed by atoms with van der Waals surface area (Å²) >= 11 is 1.72. The number of thioether (sulfide) groups is 1. The Kier molecular flexibility index (Phi) is 10.4. The Morgan fingerprint density at radius 2 is 1.70 bits per heavy atom. The molecule has 0 saturated carbocycles. The van der Waals surface area contributed by atoms with Crippen molar-refractivity contribution in [1.82, 2.24) is 14.9 Å². The minimum atomic E-state index is -4.03. The maximum atomic E-state index is 12.9. The second-order valence-corrected chi connectivity index (χ2v) is 13.8. The molecule has 1 aromatic heterocycles. The molecule has 0 atom stereocenters. The third-order valence-corrected chi connectivity index (χ3v) is 9.63. The van der Waals surface area contributed by atoms with Crippen LogP contribution in [0.15, 0.2) is 111 Å². The van der Waals surface area contributed by atoms with Crippen molar-refractivity contribution in [3.63, 3.8) is 0 Å². The van der Waals surface area contributed by atoms with Crippen LogP contribution in [0.25, 0.3) is 22.8 Å². The van der Waals surface area contributed by atoms with Crippen LogP contribution in [0.1, 0.15) is 36.2 Å². The number of anilines is 2. The molecule has 2 N–H and O–H groups in total. The fraction of sp³-hybridized carbons (Fsp3) is 0.229. The third kappa shape index (κ3) is 7.96. The first-order valence-electron chi connectivity index (χ1n) is 14.9. The third-order valence-electron chi connectivity index (χ3n) is 7.45. The summed E-state index contributed by atoms with van der Waals surface area (Å²) in [4.78, 5) is 21.0. The van der Waals surface area contributed by atoms with Crippen molar-refractivity contribution in [2.45, 2.75) is 36.6 Å². The van der Waals surface area contributed by atoms with E-state index in [-0.39, 0.29) is 16.3 Å². The summed E-state index contributed by atoms with van der Waals surface area (Å²) in [6.07, 6.45) is 3.14. The molecule has 0 spiro atoms. The fourth-order valence-corrected chi connectivity index (χ4v) is 6.46. The Balaban J connectivity index is 1.39. The summed E-state index contributed by atoms with van der Waals surface area (Å²) in [5.74, 6) is 0.418. The lowest BCUT2D eigenvalue weighted by Gasteiger charge is -2.24. The summed E-state index contributed by atoms with van der Waals surface area (Å²) in [7, 11) is -1.93. The molecule has 0 bridgehead atoms. The van der Waals surface area contributed by atoms with Crippen LogP contribution in [0, 0.1) is 5.92 Å². The largest absolute Gasteiger partial charge is 0.379 e. The molecular weight excluding hydrogens is 619 g/mol. The van der Waals surface area contributed by atoms with E-state index in [1.165, 1.54) is 34.7 Å². The molecule has 46 heavy (non-hydrogen) atoms. The van der Waals surface area contributed by atoms with Crippen LogP contribution in [0.4, 0.5) is 11.4 Å². The van der Waals surface area contributed by atoms with Gasteiger partial charge in [0.25, 0.3) is 21.8 Å². The van der Waals surface area contributed by atoms with Crippen LogP contribution in [0.5, 0.6) is 0 Å². The van der Waals surface area contributed by atoms with E-state index in [9.17, 15) is 13.2 Å². The molecule has 238 valence electrons. The smallest absolute Gasteiger partial charge is 0.265 e. The maximum absolute atomic E-state index is 12.9. The molecule has 0 radical (unpaired) electrons. The zero-order valence-corrected chi connectivity index (χ0v) is 27.9. The summed E-state index contributed by atoms with van der Waals surface area (Å²) in [6.45, 7) is 6.00. The molecule has 4 aromatic carbocycles. The number of hydrogen-bond acceptors (Lipinski definition) is 9. The van der Waals surface area contributed by atoms with Crippen molar-refractivity contribution in [3.8, 4) is 22.8 Å². The average molecular weight is 656 g/mol. The Hall–Kier alpha value is -4.61. The van der Waals surface area contributed by atoms with Gasteiger partial charge < -0.3 is 14.7 Å². The number of amides is 1. The van der Waals surface area contributed by atoms with Crippen LogP contribution in [0.2, 0.25) is 0 Å². The van der Waals surface area contributed by atoms with Gasteiger partial charge in [0.1, 0.15) is 0 Å². The van der Waals surface area contributed by atoms with Gasteiger partial charge in [0.15, 0.2) is 0 Å². The fourth-order valence-electron chi connectivity index (χ4n) is 4.85. The Bertz CT molecular complexity index is 1910. The average Bonchev–Trinajstić information content (AvgIpc) is 3.57. The van der Waals surface area contributed by atoms with E-state index in [4.69, 9.17) is 4.52 Å². The van der Waals surface area contributed by atoms with Gasteiger partial charge in [-0.2, -0.15) is 4.98 Å². The quantitative estimate of drug-likeness (QED) is 0.126. The number of aromatic nitrogens is 2. The van der Waals surface area contributed by atoms with Gasteiger partial charge in [0, 0.05) is 41.7 Å². The molecule has 1 amide bonds. The van der Waals surface area contributed by atoms with Crippen LogP contribution < -0.4 is 14.9 Å². The highest BCUT2D eigenvalue weighted by molar-refractivity contribution is 7.98. The first kappa shape index (κ1) is 32.8. The standard InChI is InChI=1S/C35H37N5O4S2/c1-24(2)19-20-40(3)31-18-17-25(22-30(31)36-23-28-11-8-9-16-32(28)45-4)33-37-35(44-38-33)27-13-10-12-26(21-27)34(41)39-46(42,43)29-14-6-5-7-15-29/h5-18,21-22,24,36H,19-20,23H2,1-4H3,(H,39,41). The predicted molar refractivity (Wildman–Crippen MR) is 185 cm³/mol. The summed E-state index contributed by atoms with van der Waals surface area (Å²) in [5.41, 5.74) is 4.62. The van der Waals surface area contributed by atoms with Gasteiger partial charge in [0.05, 0.1) is 16.3 Å². The molecule has 0 aliphatic heterocycles. The van der Waals surface area contributed by atoms with Crippen molar-refractivity contribution in [3.05, 3.63) is 108 Å². The molecule has 9 nitrogen and oxygen atoms in total. The Labute approximate surface area is 274 Å². The lowest BCUT2D eigenvalue weighted by molar-refractivity contribution is 0.0981. The highest BCUT2D eigenvalue weighted by atomic mass is 32.2. The number of nitrogens with one attached hydrogen (secondary N) is 2. The zero-order valence-electron chi connectivity index (χ0n) is 26.2. The molecular formula is C35H37N5O4S2. The van der Waals surface area contributed by atoms with Crippen LogP contribution in [-0.4, -0.2) is 44.3 Å². The van der Waals surface area contributed by atoms with Crippen LogP contribution in [-0.2, 0) is 16.6 Å². The number of benzene rings is 4. The van der Waals surface area contributed by atoms with E-state index in [0.29, 0.717) is 23.9 Å². The highest BCUT2D eigenvalue weighted by Gasteiger charge is 2.20. The van der Waals surface area contributed by atoms with E-state index in [1.54, 1.807) is 42.1 Å². The first-order valence-corrected chi connectivity index (χ1v) is 17.6. The summed E-state index contributed by atoms with van der Waals surface area (Å²) < 4.78 is 33.1. The van der Waals surface area contributed by atoms with Gasteiger partial charge in [-0.3, -0.25) is 4.79 Å². The Morgan fingerprint density at radius 3 is 2.46 bits per heavy atom. The van der Waals surface area contributed by atoms with E-state index < -0.39 is 15.9 Å². The van der Waals surface area contributed by atoms with Crippen molar-refractivity contribution in [1.29, 1.82) is 0 Å². The number of hydrogen-bond donors (Lipinski definition) is 2. The van der Waals surface area contributed by atoms with E-state index >= 15 is 0 Å². The topological polar surface area (TPSA) is 117 Å². The predicted octanol–water partition coefficient (Wildman–Crippen LogP) is 7.34. The Morgan fingerprint density at radius 1 is 0.935 bits per heavy atom. The zero-order chi connectivity index (χ0) is 32.7. The molecule has 0 aliphatic rings. The van der Waals surface area contributed by atoms with Crippen molar-refractivity contribution in [2.75, 3.05) is 30.1 Å². The van der Waals surface area contributed by atoms with E-state index in [0.717, 1.165) is 29.9 Å². The highest BCUT2D eigenvalue weighted by Crippen LogP contribution is 2.33. The number of carbonyl (C=O) groups excluding carboxylic acids is 1. The minimum absolute atomic E-state index is 0.000465. The van der Waals surface area contributed by atoms with Gasteiger partial charge in [-0.25, -0.2) is 13.1 Å². The molecule has 0 fully saturated rings. The van der Waals surface area contributed by atoms with Crippen molar-refractivity contribution < 1.29 is 17.7 Å². The molecule has 1 heterocycles. The number of nitrogens with zero attached hydrogens (tertiary/aromatic N) is 3. The normalized spacial score (nSPS) is 11.4. The van der Waals surface area contributed by atoms with Crippen molar-refractivity contribution in [2.24, 2.45) is 5.92 Å². The molecule has 5 rings (SSSR count). The maximum Gasteiger partial charge on any atom is 0.265 e. The van der Waals surface area contributed by atoms with Gasteiger partial charge in [-0.1, -0.05) is 61.5 Å². The monoisotopic (exact) mass is 655 g/mol. The number of carbonyl (C=O) groups is 1. The summed E-state index contributed by atoms with van der Waals surface area (Å²) in [6, 6.07) is 28.5. The minimum Gasteiger partial charge on any atom is -0.379 e. The van der Waals surface area contributed by atoms with Crippen molar-refractivity contribution >= 4 is 39.1 Å². The van der Waals surface area contributed by atoms with Gasteiger partial charge in [-0.05, 0) is 78.8 Å². The summed E-state index contributed by atoms with van der Waals surface area (Å²) in [5, 5.41) is 7.87. The molecule has 0 aliphatic carbocycles. The molecule has 0 unspecified atom stereocenters. The molecule has 5 aromatic rings. The molecule has 11 heteroatoms. The van der Waals surface area contributed by atoms with Gasteiger partial charge >= 0.3 is 0 Å². The first-order chi connectivity index (χ1) is 22.1. The lowest BCUT2D eigenvalue weighted by Crippen LogP contribution is -2.30. The lowest BCUT2D eigenvalue weighted by atomic mass is 10.1. The number of rotatable bonds is 13. The number of sulfonamides is 1. The molecule has 0 saturated heterocycles.